The standard InChI is InChI=1S/C23H32N6O3/c1-16-7-8-29(27-16)21(30)32-23(5,6)15-25-19-11-18(22(3,4)14-24)12-20(26-19)28-9-10-31-13-17(28)2/h7-8,11-12,17H,9-10,13,15H2,1-6H3,(H,25,26)/t17-/m1/s1. The van der Waals surface area contributed by atoms with Crippen LogP contribution in [-0.2, 0) is 14.9 Å². The molecule has 1 aliphatic rings. The van der Waals surface area contributed by atoms with Crippen molar-refractivity contribution in [3.05, 3.63) is 35.7 Å². The summed E-state index contributed by atoms with van der Waals surface area (Å²) in [5.74, 6) is 1.42. The molecule has 1 atom stereocenters. The number of hydrogen-bond donors (Lipinski definition) is 1. The predicted molar refractivity (Wildman–Crippen MR) is 122 cm³/mol. The largest absolute Gasteiger partial charge is 0.440 e. The number of nitrogens with zero attached hydrogens (tertiary/aromatic N) is 5. The van der Waals surface area contributed by atoms with Crippen molar-refractivity contribution in [2.75, 3.05) is 36.5 Å². The average Bonchev–Trinajstić information content (AvgIpc) is 3.19. The molecule has 1 fully saturated rings. The maximum Gasteiger partial charge on any atom is 0.435 e. The van der Waals surface area contributed by atoms with E-state index in [-0.39, 0.29) is 6.04 Å². The first-order chi connectivity index (χ1) is 15.0. The van der Waals surface area contributed by atoms with Crippen molar-refractivity contribution in [3.63, 3.8) is 0 Å². The lowest BCUT2D eigenvalue weighted by molar-refractivity contribution is 0.0470. The summed E-state index contributed by atoms with van der Waals surface area (Å²) in [6, 6.07) is 8.15. The minimum Gasteiger partial charge on any atom is -0.440 e. The molecule has 1 N–H and O–H groups in total. The van der Waals surface area contributed by atoms with Crippen molar-refractivity contribution < 1.29 is 14.3 Å². The summed E-state index contributed by atoms with van der Waals surface area (Å²) in [6.07, 6.45) is 1.03. The van der Waals surface area contributed by atoms with Gasteiger partial charge in [0.1, 0.15) is 17.2 Å². The number of carbonyl (C=O) groups is 1. The van der Waals surface area contributed by atoms with Gasteiger partial charge in [0.15, 0.2) is 0 Å². The Morgan fingerprint density at radius 2 is 2.12 bits per heavy atom. The monoisotopic (exact) mass is 440 g/mol. The van der Waals surface area contributed by atoms with Crippen LogP contribution in [0.5, 0.6) is 0 Å². The molecule has 0 saturated carbocycles. The van der Waals surface area contributed by atoms with Gasteiger partial charge in [-0.05, 0) is 65.3 Å². The molecule has 0 aromatic carbocycles. The third kappa shape index (κ3) is 5.56. The van der Waals surface area contributed by atoms with Crippen LogP contribution in [0.15, 0.2) is 24.4 Å². The zero-order valence-corrected chi connectivity index (χ0v) is 19.7. The molecule has 0 unspecified atom stereocenters. The van der Waals surface area contributed by atoms with Crippen LogP contribution < -0.4 is 10.2 Å². The first kappa shape index (κ1) is 23.5. The van der Waals surface area contributed by atoms with E-state index < -0.39 is 17.1 Å². The lowest BCUT2D eigenvalue weighted by atomic mass is 9.86. The molecule has 1 saturated heterocycles. The van der Waals surface area contributed by atoms with E-state index in [1.807, 2.05) is 46.8 Å². The number of aromatic nitrogens is 3. The molecule has 3 heterocycles. The van der Waals surface area contributed by atoms with E-state index in [0.29, 0.717) is 25.6 Å². The molecule has 0 aliphatic carbocycles. The Labute approximate surface area is 189 Å². The van der Waals surface area contributed by atoms with Gasteiger partial charge in [0, 0.05) is 12.7 Å². The van der Waals surface area contributed by atoms with Crippen molar-refractivity contribution in [2.24, 2.45) is 0 Å². The van der Waals surface area contributed by atoms with Crippen molar-refractivity contribution in [3.8, 4) is 6.07 Å². The second-order valence-corrected chi connectivity index (χ2v) is 9.34. The number of carbonyl (C=O) groups excluding carboxylic acids is 1. The van der Waals surface area contributed by atoms with Crippen LogP contribution in [0.4, 0.5) is 16.4 Å². The summed E-state index contributed by atoms with van der Waals surface area (Å²) in [7, 11) is 0. The van der Waals surface area contributed by atoms with Crippen LogP contribution in [0.3, 0.4) is 0 Å². The van der Waals surface area contributed by atoms with Gasteiger partial charge in [-0.2, -0.15) is 15.0 Å². The van der Waals surface area contributed by atoms with Crippen molar-refractivity contribution in [2.45, 2.75) is 58.6 Å². The minimum absolute atomic E-state index is 0.180. The summed E-state index contributed by atoms with van der Waals surface area (Å²) < 4.78 is 12.4. The van der Waals surface area contributed by atoms with Crippen molar-refractivity contribution in [1.82, 2.24) is 14.8 Å². The normalized spacial score (nSPS) is 17.0. The van der Waals surface area contributed by atoms with Gasteiger partial charge in [-0.3, -0.25) is 0 Å². The molecular weight excluding hydrogens is 408 g/mol. The zero-order valence-electron chi connectivity index (χ0n) is 19.7. The number of hydrogen-bond acceptors (Lipinski definition) is 8. The molecule has 9 heteroatoms. The van der Waals surface area contributed by atoms with Gasteiger partial charge in [0.2, 0.25) is 0 Å². The molecular formula is C23H32N6O3. The fourth-order valence-electron chi connectivity index (χ4n) is 3.39. The van der Waals surface area contributed by atoms with Crippen LogP contribution in [0.1, 0.15) is 45.9 Å². The Bertz CT molecular complexity index is 1010. The summed E-state index contributed by atoms with van der Waals surface area (Å²) >= 11 is 0. The lowest BCUT2D eigenvalue weighted by Crippen LogP contribution is -2.44. The first-order valence-electron chi connectivity index (χ1n) is 10.8. The number of ether oxygens (including phenoxy) is 2. The van der Waals surface area contributed by atoms with Gasteiger partial charge in [-0.15, -0.1) is 0 Å². The Balaban J connectivity index is 1.80. The maximum atomic E-state index is 12.4. The van der Waals surface area contributed by atoms with Crippen molar-refractivity contribution >= 4 is 17.7 Å². The summed E-state index contributed by atoms with van der Waals surface area (Å²) in [5.41, 5.74) is 0.118. The average molecular weight is 441 g/mol. The third-order valence-corrected chi connectivity index (χ3v) is 5.44. The molecule has 3 rings (SSSR count). The van der Waals surface area contributed by atoms with Gasteiger partial charge < -0.3 is 19.7 Å². The number of nitrogens with one attached hydrogen (secondary N) is 1. The highest BCUT2D eigenvalue weighted by Gasteiger charge is 2.28. The van der Waals surface area contributed by atoms with Gasteiger partial charge in [0.25, 0.3) is 0 Å². The maximum absolute atomic E-state index is 12.4. The number of aryl methyl sites for hydroxylation is 1. The molecule has 32 heavy (non-hydrogen) atoms. The first-order valence-corrected chi connectivity index (χ1v) is 10.8. The van der Waals surface area contributed by atoms with Crippen LogP contribution in [-0.4, -0.2) is 58.8 Å². The van der Waals surface area contributed by atoms with E-state index in [1.165, 1.54) is 4.68 Å². The van der Waals surface area contributed by atoms with E-state index in [1.54, 1.807) is 12.3 Å². The molecule has 172 valence electrons. The Morgan fingerprint density at radius 3 is 2.75 bits per heavy atom. The topological polar surface area (TPSA) is 105 Å². The molecule has 0 radical (unpaired) electrons. The molecule has 0 spiro atoms. The molecule has 9 nitrogen and oxygen atoms in total. The van der Waals surface area contributed by atoms with Gasteiger partial charge in [-0.25, -0.2) is 9.78 Å². The molecule has 1 aliphatic heterocycles. The second-order valence-electron chi connectivity index (χ2n) is 9.34. The fraction of sp³-hybridized carbons (Fsp3) is 0.565. The predicted octanol–water partition coefficient (Wildman–Crippen LogP) is 3.49. The number of anilines is 2. The SMILES string of the molecule is Cc1ccn(C(=O)OC(C)(C)CNc2cc(C(C)(C)C#N)cc(N3CCOC[C@H]3C)n2)n1. The van der Waals surface area contributed by atoms with Crippen LogP contribution in [0.2, 0.25) is 0 Å². The summed E-state index contributed by atoms with van der Waals surface area (Å²) in [4.78, 5) is 19.4. The minimum atomic E-state index is -0.814. The summed E-state index contributed by atoms with van der Waals surface area (Å²) in [6.45, 7) is 13.7. The van der Waals surface area contributed by atoms with E-state index >= 15 is 0 Å². The highest BCUT2D eigenvalue weighted by molar-refractivity contribution is 5.69. The van der Waals surface area contributed by atoms with Gasteiger partial charge in [0.05, 0.1) is 43.0 Å². The van der Waals surface area contributed by atoms with Crippen molar-refractivity contribution in [1.29, 1.82) is 5.26 Å². The highest BCUT2D eigenvalue weighted by atomic mass is 16.6. The smallest absolute Gasteiger partial charge is 0.435 e. The number of nitriles is 1. The molecule has 2 aromatic heterocycles. The van der Waals surface area contributed by atoms with E-state index in [2.05, 4.69) is 28.3 Å². The zero-order chi connectivity index (χ0) is 23.5. The number of morpholine rings is 1. The van der Waals surface area contributed by atoms with E-state index in [9.17, 15) is 10.1 Å². The van der Waals surface area contributed by atoms with E-state index in [4.69, 9.17) is 14.5 Å². The second kappa shape index (κ2) is 9.17. The van der Waals surface area contributed by atoms with Crippen LogP contribution in [0.25, 0.3) is 0 Å². The third-order valence-electron chi connectivity index (χ3n) is 5.44. The van der Waals surface area contributed by atoms with Crippen LogP contribution in [0, 0.1) is 18.3 Å². The molecule has 2 aromatic rings. The highest BCUT2D eigenvalue weighted by Crippen LogP contribution is 2.29. The Morgan fingerprint density at radius 1 is 1.38 bits per heavy atom. The number of rotatable bonds is 6. The Hall–Kier alpha value is -3.12. The van der Waals surface area contributed by atoms with Gasteiger partial charge in [-0.1, -0.05) is 0 Å². The van der Waals surface area contributed by atoms with E-state index in [0.717, 1.165) is 23.6 Å². The molecule has 0 amide bonds. The number of pyridine rings is 1. The Kier molecular flexibility index (Phi) is 6.74. The van der Waals surface area contributed by atoms with Gasteiger partial charge >= 0.3 is 6.09 Å². The lowest BCUT2D eigenvalue weighted by Gasteiger charge is -2.35. The summed E-state index contributed by atoms with van der Waals surface area (Å²) in [5, 5.41) is 17.1. The fourth-order valence-corrected chi connectivity index (χ4v) is 3.39. The molecule has 0 bridgehead atoms. The van der Waals surface area contributed by atoms with Crippen LogP contribution >= 0.6 is 0 Å². The quantitative estimate of drug-likeness (QED) is 0.728.